The van der Waals surface area contributed by atoms with Gasteiger partial charge in [0.25, 0.3) is 5.91 Å². The van der Waals surface area contributed by atoms with Crippen molar-refractivity contribution in [2.45, 2.75) is 6.18 Å². The van der Waals surface area contributed by atoms with E-state index >= 15 is 0 Å². The second-order valence-corrected chi connectivity index (χ2v) is 6.65. The molecule has 33 heavy (non-hydrogen) atoms. The maximum absolute atomic E-state index is 14.3. The highest BCUT2D eigenvalue weighted by molar-refractivity contribution is 6.07. The number of nitrogens with zero attached hydrogens (tertiary/aromatic N) is 1. The Kier molecular flexibility index (Phi) is 7.39. The lowest BCUT2D eigenvalue weighted by Crippen LogP contribution is -2.34. The van der Waals surface area contributed by atoms with Gasteiger partial charge in [0.15, 0.2) is 11.6 Å². The molecule has 0 radical (unpaired) electrons. The van der Waals surface area contributed by atoms with Crippen LogP contribution in [0, 0.1) is 5.82 Å². The lowest BCUT2D eigenvalue weighted by molar-refractivity contribution is -0.123. The molecule has 0 saturated heterocycles. The van der Waals surface area contributed by atoms with Gasteiger partial charge in [-0.25, -0.2) is 4.39 Å². The zero-order valence-corrected chi connectivity index (χ0v) is 16.9. The number of halogens is 4. The second kappa shape index (κ2) is 10.4. The van der Waals surface area contributed by atoms with Crippen LogP contribution in [-0.2, 0) is 4.79 Å². The minimum Gasteiger partial charge on any atom is -0.453 e. The number of carbonyl (C=O) groups is 2. The third-order valence-corrected chi connectivity index (χ3v) is 4.12. The zero-order valence-electron chi connectivity index (χ0n) is 16.9. The van der Waals surface area contributed by atoms with Crippen molar-refractivity contribution in [3.63, 3.8) is 0 Å². The molecule has 0 aliphatic rings. The molecule has 0 aliphatic carbocycles. The first kappa shape index (κ1) is 23.5. The van der Waals surface area contributed by atoms with Crippen molar-refractivity contribution >= 4 is 23.6 Å². The van der Waals surface area contributed by atoms with Gasteiger partial charge < -0.3 is 15.4 Å². The summed E-state index contributed by atoms with van der Waals surface area (Å²) in [6.45, 7) is -1.50. The van der Waals surface area contributed by atoms with Crippen LogP contribution in [0.3, 0.4) is 0 Å². The number of anilines is 1. The van der Waals surface area contributed by atoms with E-state index in [4.69, 9.17) is 4.74 Å². The van der Waals surface area contributed by atoms with Crippen LogP contribution in [0.4, 0.5) is 23.2 Å². The van der Waals surface area contributed by atoms with Crippen molar-refractivity contribution in [3.05, 3.63) is 90.0 Å². The average molecular weight is 459 g/mol. The smallest absolute Gasteiger partial charge is 0.405 e. The number of para-hydroxylation sites is 1. The molecular formula is C23H17F4N3O3. The molecule has 3 aromatic rings. The summed E-state index contributed by atoms with van der Waals surface area (Å²) in [6.07, 6.45) is 0.845. The van der Waals surface area contributed by atoms with Crippen LogP contribution in [0.5, 0.6) is 11.5 Å². The number of pyridine rings is 1. The van der Waals surface area contributed by atoms with Crippen molar-refractivity contribution in [3.8, 4) is 11.5 Å². The summed E-state index contributed by atoms with van der Waals surface area (Å²) >= 11 is 0. The summed E-state index contributed by atoms with van der Waals surface area (Å²) < 4.78 is 56.7. The van der Waals surface area contributed by atoms with Gasteiger partial charge >= 0.3 is 6.18 Å². The minimum absolute atomic E-state index is 0.0246. The molecule has 0 fully saturated rings. The van der Waals surface area contributed by atoms with Crippen molar-refractivity contribution in [2.75, 3.05) is 11.9 Å². The normalized spacial score (nSPS) is 11.3. The Morgan fingerprint density at radius 1 is 1.06 bits per heavy atom. The summed E-state index contributed by atoms with van der Waals surface area (Å²) in [5, 5.41) is 4.17. The monoisotopic (exact) mass is 459 g/mol. The Morgan fingerprint density at radius 2 is 1.85 bits per heavy atom. The minimum atomic E-state index is -4.57. The van der Waals surface area contributed by atoms with E-state index in [1.165, 1.54) is 48.7 Å². The quantitative estimate of drug-likeness (QED) is 0.387. The van der Waals surface area contributed by atoms with Gasteiger partial charge in [-0.3, -0.25) is 14.6 Å². The Bertz CT molecular complexity index is 1170. The molecule has 6 nitrogen and oxygen atoms in total. The standard InChI is InChI=1S/C23H17F4N3O3/c24-18-12-15(7-9-20(18)33-16-4-3-11-28-13-16)8-10-21(31)30-19-6-2-1-5-17(19)22(32)29-14-23(25,26)27/h1-13H,14H2,(H,29,32)(H,30,31)/b10-8+. The Hall–Kier alpha value is -4.21. The number of hydrogen-bond donors (Lipinski definition) is 2. The lowest BCUT2D eigenvalue weighted by Gasteiger charge is -2.11. The van der Waals surface area contributed by atoms with Crippen LogP contribution in [0.25, 0.3) is 6.08 Å². The largest absolute Gasteiger partial charge is 0.453 e. The predicted octanol–water partition coefficient (Wildman–Crippen LogP) is 4.96. The maximum Gasteiger partial charge on any atom is 0.405 e. The molecule has 0 bridgehead atoms. The Balaban J connectivity index is 1.65. The van der Waals surface area contributed by atoms with Gasteiger partial charge in [-0.05, 0) is 48.0 Å². The summed E-state index contributed by atoms with van der Waals surface area (Å²) in [6, 6.07) is 12.9. The molecule has 3 rings (SSSR count). The molecule has 1 aromatic heterocycles. The Labute approximate surface area is 185 Å². The van der Waals surface area contributed by atoms with Crippen LogP contribution in [0.2, 0.25) is 0 Å². The number of aromatic nitrogens is 1. The van der Waals surface area contributed by atoms with E-state index in [1.807, 2.05) is 0 Å². The number of ether oxygens (including phenoxy) is 1. The van der Waals surface area contributed by atoms with Crippen molar-refractivity contribution in [1.82, 2.24) is 10.3 Å². The van der Waals surface area contributed by atoms with Crippen molar-refractivity contribution in [2.24, 2.45) is 0 Å². The number of alkyl halides is 3. The first-order chi connectivity index (χ1) is 15.7. The summed E-state index contributed by atoms with van der Waals surface area (Å²) in [5.74, 6) is -1.98. The fourth-order valence-corrected chi connectivity index (χ4v) is 2.65. The van der Waals surface area contributed by atoms with Gasteiger partial charge in [-0.1, -0.05) is 18.2 Å². The van der Waals surface area contributed by atoms with Gasteiger partial charge in [-0.2, -0.15) is 13.2 Å². The van der Waals surface area contributed by atoms with Gasteiger partial charge in [0.1, 0.15) is 12.3 Å². The van der Waals surface area contributed by atoms with Crippen LogP contribution in [0.1, 0.15) is 15.9 Å². The SMILES string of the molecule is O=C(/C=C/c1ccc(Oc2cccnc2)c(F)c1)Nc1ccccc1C(=O)NCC(F)(F)F. The number of benzene rings is 2. The van der Waals surface area contributed by atoms with E-state index in [0.29, 0.717) is 11.3 Å². The van der Waals surface area contributed by atoms with Crippen molar-refractivity contribution < 1.29 is 31.9 Å². The highest BCUT2D eigenvalue weighted by atomic mass is 19.4. The number of amides is 2. The third-order valence-electron chi connectivity index (χ3n) is 4.12. The summed E-state index contributed by atoms with van der Waals surface area (Å²) in [4.78, 5) is 28.1. The van der Waals surface area contributed by atoms with E-state index in [1.54, 1.807) is 23.6 Å². The fourth-order valence-electron chi connectivity index (χ4n) is 2.65. The van der Waals surface area contributed by atoms with Crippen LogP contribution in [-0.4, -0.2) is 29.5 Å². The second-order valence-electron chi connectivity index (χ2n) is 6.65. The number of hydrogen-bond acceptors (Lipinski definition) is 4. The highest BCUT2D eigenvalue weighted by Crippen LogP contribution is 2.25. The molecule has 2 N–H and O–H groups in total. The van der Waals surface area contributed by atoms with Crippen LogP contribution >= 0.6 is 0 Å². The van der Waals surface area contributed by atoms with Gasteiger partial charge in [0.2, 0.25) is 5.91 Å². The first-order valence-corrected chi connectivity index (χ1v) is 9.52. The molecule has 10 heteroatoms. The van der Waals surface area contributed by atoms with E-state index in [9.17, 15) is 27.2 Å². The van der Waals surface area contributed by atoms with Crippen LogP contribution in [0.15, 0.2) is 73.1 Å². The fraction of sp³-hybridized carbons (Fsp3) is 0.0870. The third kappa shape index (κ3) is 7.17. The lowest BCUT2D eigenvalue weighted by atomic mass is 10.1. The molecule has 0 unspecified atom stereocenters. The molecular weight excluding hydrogens is 442 g/mol. The molecule has 0 atom stereocenters. The number of rotatable bonds is 7. The number of carbonyl (C=O) groups excluding carboxylic acids is 2. The van der Waals surface area contributed by atoms with Crippen LogP contribution < -0.4 is 15.4 Å². The van der Waals surface area contributed by atoms with E-state index in [0.717, 1.165) is 12.1 Å². The molecule has 0 spiro atoms. The summed E-state index contributed by atoms with van der Waals surface area (Å²) in [7, 11) is 0. The number of nitrogens with one attached hydrogen (secondary N) is 2. The van der Waals surface area contributed by atoms with E-state index in [2.05, 4.69) is 10.3 Å². The topological polar surface area (TPSA) is 80.3 Å². The molecule has 1 heterocycles. The zero-order chi connectivity index (χ0) is 23.8. The van der Waals surface area contributed by atoms with Gasteiger partial charge in [0.05, 0.1) is 17.4 Å². The maximum atomic E-state index is 14.3. The molecule has 0 saturated carbocycles. The van der Waals surface area contributed by atoms with Gasteiger partial charge in [-0.15, -0.1) is 0 Å². The summed E-state index contributed by atoms with van der Waals surface area (Å²) in [5.41, 5.74) is 0.252. The molecule has 2 aromatic carbocycles. The van der Waals surface area contributed by atoms with E-state index in [-0.39, 0.29) is 17.0 Å². The predicted molar refractivity (Wildman–Crippen MR) is 113 cm³/mol. The van der Waals surface area contributed by atoms with Crippen molar-refractivity contribution in [1.29, 1.82) is 0 Å². The highest BCUT2D eigenvalue weighted by Gasteiger charge is 2.28. The first-order valence-electron chi connectivity index (χ1n) is 9.52. The van der Waals surface area contributed by atoms with E-state index < -0.39 is 30.4 Å². The molecule has 2 amide bonds. The van der Waals surface area contributed by atoms with Gasteiger partial charge in [0, 0.05) is 12.3 Å². The Morgan fingerprint density at radius 3 is 2.55 bits per heavy atom. The molecule has 170 valence electrons. The average Bonchev–Trinajstić information content (AvgIpc) is 2.78. The molecule has 0 aliphatic heterocycles.